The number of amides is 2. The number of carbonyl (C=O) groups is 2. The van der Waals surface area contributed by atoms with Crippen LogP contribution in [-0.2, 0) is 16.1 Å². The van der Waals surface area contributed by atoms with E-state index in [9.17, 15) is 9.59 Å². The lowest BCUT2D eigenvalue weighted by atomic mass is 10.1. The van der Waals surface area contributed by atoms with Gasteiger partial charge in [-0.15, -0.1) is 0 Å². The summed E-state index contributed by atoms with van der Waals surface area (Å²) in [6.07, 6.45) is -0.137. The van der Waals surface area contributed by atoms with Crippen molar-refractivity contribution in [1.29, 1.82) is 0 Å². The van der Waals surface area contributed by atoms with Crippen molar-refractivity contribution in [1.82, 2.24) is 10.2 Å². The second kappa shape index (κ2) is 9.02. The molecule has 0 fully saturated rings. The zero-order chi connectivity index (χ0) is 18.2. The molecule has 132 valence electrons. The van der Waals surface area contributed by atoms with Crippen LogP contribution in [0.2, 0.25) is 0 Å². The van der Waals surface area contributed by atoms with Gasteiger partial charge < -0.3 is 10.2 Å². The van der Waals surface area contributed by atoms with Crippen LogP contribution in [0, 0.1) is 0 Å². The SMILES string of the molecule is CC(NC(=O)CC(=O)N(Cc1ccccc1)C(C)C)c1ccccc1. The van der Waals surface area contributed by atoms with E-state index in [4.69, 9.17) is 0 Å². The van der Waals surface area contributed by atoms with Crippen LogP contribution in [0.15, 0.2) is 60.7 Å². The van der Waals surface area contributed by atoms with E-state index in [1.807, 2.05) is 81.4 Å². The average Bonchev–Trinajstić information content (AvgIpc) is 2.60. The molecule has 2 amide bonds. The molecule has 25 heavy (non-hydrogen) atoms. The highest BCUT2D eigenvalue weighted by Crippen LogP contribution is 2.13. The van der Waals surface area contributed by atoms with E-state index in [2.05, 4.69) is 5.32 Å². The Labute approximate surface area is 149 Å². The highest BCUT2D eigenvalue weighted by molar-refractivity contribution is 5.97. The normalized spacial score (nSPS) is 11.8. The van der Waals surface area contributed by atoms with Gasteiger partial charge in [0.2, 0.25) is 11.8 Å². The first-order valence-corrected chi connectivity index (χ1v) is 8.65. The van der Waals surface area contributed by atoms with Crippen molar-refractivity contribution in [3.8, 4) is 0 Å². The van der Waals surface area contributed by atoms with Gasteiger partial charge in [0.1, 0.15) is 6.42 Å². The minimum Gasteiger partial charge on any atom is -0.349 e. The standard InChI is InChI=1S/C21H26N2O2/c1-16(2)23(15-18-10-6-4-7-11-18)21(25)14-20(24)22-17(3)19-12-8-5-9-13-19/h4-13,16-17H,14-15H2,1-3H3,(H,22,24). The van der Waals surface area contributed by atoms with Crippen LogP contribution in [0.5, 0.6) is 0 Å². The predicted molar refractivity (Wildman–Crippen MR) is 99.7 cm³/mol. The third kappa shape index (κ3) is 5.75. The smallest absolute Gasteiger partial charge is 0.232 e. The van der Waals surface area contributed by atoms with Crippen LogP contribution in [0.1, 0.15) is 44.4 Å². The summed E-state index contributed by atoms with van der Waals surface area (Å²) in [7, 11) is 0. The zero-order valence-corrected chi connectivity index (χ0v) is 15.1. The van der Waals surface area contributed by atoms with Gasteiger partial charge in [0.05, 0.1) is 6.04 Å². The van der Waals surface area contributed by atoms with Crippen LogP contribution in [0.25, 0.3) is 0 Å². The van der Waals surface area contributed by atoms with Crippen LogP contribution in [0.3, 0.4) is 0 Å². The van der Waals surface area contributed by atoms with Crippen LogP contribution in [-0.4, -0.2) is 22.8 Å². The second-order valence-electron chi connectivity index (χ2n) is 6.48. The van der Waals surface area contributed by atoms with Crippen LogP contribution in [0.4, 0.5) is 0 Å². The third-order valence-electron chi connectivity index (χ3n) is 4.13. The third-order valence-corrected chi connectivity index (χ3v) is 4.13. The topological polar surface area (TPSA) is 49.4 Å². The van der Waals surface area contributed by atoms with E-state index in [0.29, 0.717) is 6.54 Å². The van der Waals surface area contributed by atoms with Gasteiger partial charge in [-0.1, -0.05) is 60.7 Å². The van der Waals surface area contributed by atoms with E-state index in [0.717, 1.165) is 11.1 Å². The van der Waals surface area contributed by atoms with Gasteiger partial charge in [-0.2, -0.15) is 0 Å². The van der Waals surface area contributed by atoms with Gasteiger partial charge in [-0.3, -0.25) is 9.59 Å². The molecule has 0 aliphatic rings. The minimum atomic E-state index is -0.250. The lowest BCUT2D eigenvalue weighted by Gasteiger charge is -2.27. The predicted octanol–water partition coefficient (Wildman–Crippen LogP) is 3.69. The summed E-state index contributed by atoms with van der Waals surface area (Å²) in [6.45, 7) is 6.36. The molecule has 1 N–H and O–H groups in total. The Balaban J connectivity index is 1.94. The summed E-state index contributed by atoms with van der Waals surface area (Å²) in [4.78, 5) is 26.6. The number of hydrogen-bond donors (Lipinski definition) is 1. The zero-order valence-electron chi connectivity index (χ0n) is 15.1. The van der Waals surface area contributed by atoms with Crippen molar-refractivity contribution in [3.05, 3.63) is 71.8 Å². The minimum absolute atomic E-state index is 0.0343. The molecule has 4 heteroatoms. The molecule has 0 aliphatic carbocycles. The Hall–Kier alpha value is -2.62. The molecule has 2 aromatic carbocycles. The van der Waals surface area contributed by atoms with Gasteiger partial charge in [0.15, 0.2) is 0 Å². The quantitative estimate of drug-likeness (QED) is 0.783. The molecule has 2 rings (SSSR count). The Morgan fingerprint density at radius 3 is 2.04 bits per heavy atom. The molecule has 1 atom stereocenters. The summed E-state index contributed by atoms with van der Waals surface area (Å²) in [5.74, 6) is -0.406. The molecule has 0 aromatic heterocycles. The van der Waals surface area contributed by atoms with Crippen molar-refractivity contribution in [2.75, 3.05) is 0 Å². The van der Waals surface area contributed by atoms with Gasteiger partial charge in [0, 0.05) is 12.6 Å². The molecule has 0 saturated heterocycles. The van der Waals surface area contributed by atoms with Crippen molar-refractivity contribution in [2.45, 2.75) is 45.8 Å². The van der Waals surface area contributed by atoms with E-state index in [1.165, 1.54) is 0 Å². The van der Waals surface area contributed by atoms with E-state index < -0.39 is 0 Å². The fraction of sp³-hybridized carbons (Fsp3) is 0.333. The maximum atomic E-state index is 12.6. The number of nitrogens with one attached hydrogen (secondary N) is 1. The molecule has 1 unspecified atom stereocenters. The molecule has 0 saturated carbocycles. The Kier molecular flexibility index (Phi) is 6.75. The summed E-state index contributed by atoms with van der Waals surface area (Å²) in [6, 6.07) is 19.5. The van der Waals surface area contributed by atoms with Crippen LogP contribution >= 0.6 is 0 Å². The van der Waals surface area contributed by atoms with Crippen molar-refractivity contribution < 1.29 is 9.59 Å². The molecule has 0 spiro atoms. The van der Waals surface area contributed by atoms with E-state index in [1.54, 1.807) is 4.90 Å². The Morgan fingerprint density at radius 1 is 0.920 bits per heavy atom. The maximum absolute atomic E-state index is 12.6. The Bertz CT molecular complexity index is 684. The van der Waals surface area contributed by atoms with Crippen molar-refractivity contribution >= 4 is 11.8 Å². The lowest BCUT2D eigenvalue weighted by Crippen LogP contribution is -2.39. The maximum Gasteiger partial charge on any atom is 0.232 e. The molecule has 0 aliphatic heterocycles. The highest BCUT2D eigenvalue weighted by atomic mass is 16.2. The number of rotatable bonds is 7. The second-order valence-corrected chi connectivity index (χ2v) is 6.48. The first-order chi connectivity index (χ1) is 12.0. The molecular formula is C21H26N2O2. The molecular weight excluding hydrogens is 312 g/mol. The van der Waals surface area contributed by atoms with E-state index >= 15 is 0 Å². The highest BCUT2D eigenvalue weighted by Gasteiger charge is 2.21. The number of hydrogen-bond acceptors (Lipinski definition) is 2. The summed E-state index contributed by atoms with van der Waals surface area (Å²) in [5.41, 5.74) is 2.08. The first-order valence-electron chi connectivity index (χ1n) is 8.65. The Morgan fingerprint density at radius 2 is 1.48 bits per heavy atom. The summed E-state index contributed by atoms with van der Waals surface area (Å²) >= 11 is 0. The van der Waals surface area contributed by atoms with Crippen LogP contribution < -0.4 is 5.32 Å². The average molecular weight is 338 g/mol. The van der Waals surface area contributed by atoms with Gasteiger partial charge in [0.25, 0.3) is 0 Å². The molecule has 0 radical (unpaired) electrons. The number of carbonyl (C=O) groups excluding carboxylic acids is 2. The van der Waals surface area contributed by atoms with Gasteiger partial charge >= 0.3 is 0 Å². The molecule has 4 nitrogen and oxygen atoms in total. The lowest BCUT2D eigenvalue weighted by molar-refractivity contribution is -0.138. The molecule has 2 aromatic rings. The first kappa shape index (κ1) is 18.7. The summed E-state index contributed by atoms with van der Waals surface area (Å²) in [5, 5.41) is 2.90. The van der Waals surface area contributed by atoms with Crippen molar-refractivity contribution in [2.24, 2.45) is 0 Å². The largest absolute Gasteiger partial charge is 0.349 e. The molecule has 0 bridgehead atoms. The van der Waals surface area contributed by atoms with Gasteiger partial charge in [-0.25, -0.2) is 0 Å². The summed E-state index contributed by atoms with van der Waals surface area (Å²) < 4.78 is 0. The number of benzene rings is 2. The van der Waals surface area contributed by atoms with Crippen molar-refractivity contribution in [3.63, 3.8) is 0 Å². The number of nitrogens with zero attached hydrogens (tertiary/aromatic N) is 1. The monoisotopic (exact) mass is 338 g/mol. The molecule has 0 heterocycles. The van der Waals surface area contributed by atoms with Gasteiger partial charge in [-0.05, 0) is 31.9 Å². The fourth-order valence-corrected chi connectivity index (χ4v) is 2.70. The fourth-order valence-electron chi connectivity index (χ4n) is 2.70. The van der Waals surface area contributed by atoms with E-state index in [-0.39, 0.29) is 30.3 Å².